The van der Waals surface area contributed by atoms with Gasteiger partial charge in [0.05, 0.1) is 9.72 Å². The van der Waals surface area contributed by atoms with Gasteiger partial charge in [-0.05, 0) is 13.1 Å². The standard InChI is InChI=1S/C13H14ClN3O3S/c1-15-2-4-16(5-3-15)17-7-9(13(19)20)11(18)8-6-10(14)21-12(8)17/h6-7H,2-5H2,1H3,(H,19,20). The summed E-state index contributed by atoms with van der Waals surface area (Å²) in [7, 11) is 2.04. The first-order valence-corrected chi connectivity index (χ1v) is 7.68. The van der Waals surface area contributed by atoms with E-state index in [1.54, 1.807) is 10.7 Å². The van der Waals surface area contributed by atoms with Crippen LogP contribution in [0.3, 0.4) is 0 Å². The van der Waals surface area contributed by atoms with E-state index in [0.29, 0.717) is 14.6 Å². The monoisotopic (exact) mass is 327 g/mol. The summed E-state index contributed by atoms with van der Waals surface area (Å²) >= 11 is 7.30. The molecule has 0 radical (unpaired) electrons. The van der Waals surface area contributed by atoms with E-state index in [2.05, 4.69) is 4.90 Å². The van der Waals surface area contributed by atoms with E-state index in [0.717, 1.165) is 26.2 Å². The van der Waals surface area contributed by atoms with Gasteiger partial charge in [-0.2, -0.15) is 0 Å². The van der Waals surface area contributed by atoms with Gasteiger partial charge in [-0.3, -0.25) is 9.47 Å². The Morgan fingerprint density at radius 3 is 2.62 bits per heavy atom. The number of carboxylic acids is 1. The molecule has 2 aromatic heterocycles. The van der Waals surface area contributed by atoms with Crippen molar-refractivity contribution in [1.82, 2.24) is 9.58 Å². The minimum absolute atomic E-state index is 0.226. The Kier molecular flexibility index (Phi) is 3.64. The normalized spacial score (nSPS) is 16.6. The number of pyridine rings is 1. The van der Waals surface area contributed by atoms with Crippen molar-refractivity contribution in [2.45, 2.75) is 0 Å². The number of carboxylic acid groups (broad SMARTS) is 1. The van der Waals surface area contributed by atoms with Crippen LogP contribution in [0.15, 0.2) is 17.1 Å². The van der Waals surface area contributed by atoms with Crippen LogP contribution in [-0.2, 0) is 0 Å². The second-order valence-corrected chi connectivity index (χ2v) is 6.71. The Morgan fingerprint density at radius 2 is 2.00 bits per heavy atom. The molecule has 0 bridgehead atoms. The fraction of sp³-hybridized carbons (Fsp3) is 0.385. The number of nitrogens with zero attached hydrogens (tertiary/aromatic N) is 3. The van der Waals surface area contributed by atoms with Gasteiger partial charge in [0.25, 0.3) is 0 Å². The minimum atomic E-state index is -1.22. The van der Waals surface area contributed by atoms with Crippen LogP contribution >= 0.6 is 22.9 Å². The maximum Gasteiger partial charge on any atom is 0.341 e. The molecule has 1 saturated heterocycles. The highest BCUT2D eigenvalue weighted by atomic mass is 35.5. The molecular weight excluding hydrogens is 314 g/mol. The van der Waals surface area contributed by atoms with Crippen LogP contribution in [-0.4, -0.2) is 53.9 Å². The van der Waals surface area contributed by atoms with Crippen molar-refractivity contribution in [2.24, 2.45) is 0 Å². The second kappa shape index (κ2) is 5.32. The molecule has 1 aliphatic heterocycles. The number of thiophene rings is 1. The molecular formula is C13H14ClN3O3S. The van der Waals surface area contributed by atoms with Crippen molar-refractivity contribution in [2.75, 3.05) is 38.2 Å². The first-order chi connectivity index (χ1) is 9.97. The Balaban J connectivity index is 2.19. The molecule has 6 nitrogen and oxygen atoms in total. The molecule has 8 heteroatoms. The van der Waals surface area contributed by atoms with Gasteiger partial charge >= 0.3 is 5.97 Å². The molecule has 1 aliphatic rings. The lowest BCUT2D eigenvalue weighted by Crippen LogP contribution is -2.50. The van der Waals surface area contributed by atoms with Gasteiger partial charge in [0.15, 0.2) is 0 Å². The van der Waals surface area contributed by atoms with Gasteiger partial charge < -0.3 is 15.0 Å². The smallest absolute Gasteiger partial charge is 0.341 e. The molecule has 21 heavy (non-hydrogen) atoms. The molecule has 0 spiro atoms. The van der Waals surface area contributed by atoms with Gasteiger partial charge in [0.2, 0.25) is 5.43 Å². The van der Waals surface area contributed by atoms with Crippen molar-refractivity contribution in [3.05, 3.63) is 32.4 Å². The van der Waals surface area contributed by atoms with Gasteiger partial charge in [0.1, 0.15) is 10.4 Å². The van der Waals surface area contributed by atoms with Crippen molar-refractivity contribution in [3.63, 3.8) is 0 Å². The lowest BCUT2D eigenvalue weighted by atomic mass is 10.2. The Bertz CT molecular complexity index is 762. The summed E-state index contributed by atoms with van der Waals surface area (Å²) in [5.74, 6) is -1.22. The lowest BCUT2D eigenvalue weighted by Gasteiger charge is -2.35. The number of hydrogen-bond acceptors (Lipinski definition) is 5. The molecule has 3 heterocycles. The van der Waals surface area contributed by atoms with Crippen LogP contribution in [0.25, 0.3) is 10.2 Å². The third-order valence-electron chi connectivity index (χ3n) is 3.65. The zero-order valence-electron chi connectivity index (χ0n) is 11.4. The molecule has 3 rings (SSSR count). The third kappa shape index (κ3) is 2.52. The molecule has 1 fully saturated rings. The maximum atomic E-state index is 12.2. The van der Waals surface area contributed by atoms with Crippen LogP contribution in [0.5, 0.6) is 0 Å². The summed E-state index contributed by atoms with van der Waals surface area (Å²) in [6.45, 7) is 3.30. The van der Waals surface area contributed by atoms with E-state index in [-0.39, 0.29) is 5.56 Å². The van der Waals surface area contributed by atoms with Crippen LogP contribution < -0.4 is 10.4 Å². The zero-order valence-corrected chi connectivity index (χ0v) is 12.9. The fourth-order valence-corrected chi connectivity index (χ4v) is 3.66. The molecule has 0 atom stereocenters. The van der Waals surface area contributed by atoms with Crippen LogP contribution in [0, 0.1) is 0 Å². The van der Waals surface area contributed by atoms with E-state index >= 15 is 0 Å². The zero-order chi connectivity index (χ0) is 15.1. The van der Waals surface area contributed by atoms with Gasteiger partial charge in [-0.15, -0.1) is 11.3 Å². The largest absolute Gasteiger partial charge is 0.477 e. The molecule has 0 unspecified atom stereocenters. The lowest BCUT2D eigenvalue weighted by molar-refractivity contribution is 0.0694. The molecule has 0 saturated carbocycles. The van der Waals surface area contributed by atoms with Crippen molar-refractivity contribution < 1.29 is 9.90 Å². The summed E-state index contributed by atoms with van der Waals surface area (Å²) in [5, 5.41) is 11.6. The highest BCUT2D eigenvalue weighted by Crippen LogP contribution is 2.28. The number of carbonyl (C=O) groups is 1. The van der Waals surface area contributed by atoms with E-state index in [1.165, 1.54) is 17.5 Å². The Hall–Kier alpha value is -1.57. The molecule has 0 aromatic carbocycles. The van der Waals surface area contributed by atoms with Crippen LogP contribution in [0.1, 0.15) is 10.4 Å². The first-order valence-electron chi connectivity index (χ1n) is 6.49. The minimum Gasteiger partial charge on any atom is -0.477 e. The maximum absolute atomic E-state index is 12.2. The number of aromatic nitrogens is 1. The fourth-order valence-electron chi connectivity index (χ4n) is 2.44. The second-order valence-electron chi connectivity index (χ2n) is 5.05. The predicted octanol–water partition coefficient (Wildman–Crippen LogP) is 1.30. The summed E-state index contributed by atoms with van der Waals surface area (Å²) in [6.07, 6.45) is 1.41. The van der Waals surface area contributed by atoms with Gasteiger partial charge in [-0.1, -0.05) is 11.6 Å². The summed E-state index contributed by atoms with van der Waals surface area (Å²) in [5.41, 5.74) is -0.707. The summed E-state index contributed by atoms with van der Waals surface area (Å²) in [4.78, 5) is 26.4. The number of hydrogen-bond donors (Lipinski definition) is 1. The van der Waals surface area contributed by atoms with Gasteiger partial charge in [-0.25, -0.2) is 4.79 Å². The highest BCUT2D eigenvalue weighted by molar-refractivity contribution is 7.22. The number of aromatic carboxylic acids is 1. The SMILES string of the molecule is CN1CCN(n2cc(C(=O)O)c(=O)c3cc(Cl)sc32)CC1. The molecule has 2 aromatic rings. The summed E-state index contributed by atoms with van der Waals surface area (Å²) < 4.78 is 2.25. The first kappa shape index (κ1) is 14.4. The van der Waals surface area contributed by atoms with Gasteiger partial charge in [0, 0.05) is 32.4 Å². The number of halogens is 1. The Morgan fingerprint density at radius 1 is 1.33 bits per heavy atom. The van der Waals surface area contributed by atoms with E-state index in [1.807, 2.05) is 12.1 Å². The number of likely N-dealkylation sites (N-methyl/N-ethyl adjacent to an activating group) is 1. The molecule has 112 valence electrons. The quantitative estimate of drug-likeness (QED) is 0.900. The highest BCUT2D eigenvalue weighted by Gasteiger charge is 2.21. The van der Waals surface area contributed by atoms with Crippen molar-refractivity contribution in [3.8, 4) is 0 Å². The Labute approximate surface area is 129 Å². The summed E-state index contributed by atoms with van der Waals surface area (Å²) in [6, 6.07) is 1.54. The molecule has 1 N–H and O–H groups in total. The topological polar surface area (TPSA) is 65.8 Å². The van der Waals surface area contributed by atoms with Crippen LogP contribution in [0.4, 0.5) is 0 Å². The average molecular weight is 328 g/mol. The average Bonchev–Trinajstić information content (AvgIpc) is 2.82. The van der Waals surface area contributed by atoms with E-state index < -0.39 is 11.4 Å². The van der Waals surface area contributed by atoms with Crippen molar-refractivity contribution >= 4 is 39.1 Å². The van der Waals surface area contributed by atoms with Crippen LogP contribution in [0.2, 0.25) is 4.34 Å². The van der Waals surface area contributed by atoms with Crippen molar-refractivity contribution in [1.29, 1.82) is 0 Å². The molecule has 0 aliphatic carbocycles. The number of fused-ring (bicyclic) bond motifs is 1. The van der Waals surface area contributed by atoms with E-state index in [9.17, 15) is 14.7 Å². The third-order valence-corrected chi connectivity index (χ3v) is 4.90. The predicted molar refractivity (Wildman–Crippen MR) is 83.5 cm³/mol. The van der Waals surface area contributed by atoms with E-state index in [4.69, 9.17) is 11.6 Å². The molecule has 0 amide bonds. The number of rotatable bonds is 2. The number of piperazine rings is 1.